The van der Waals surface area contributed by atoms with Crippen LogP contribution in [0.25, 0.3) is 0 Å². The zero-order valence-electron chi connectivity index (χ0n) is 12.0. The molecule has 0 spiro atoms. The van der Waals surface area contributed by atoms with Crippen molar-refractivity contribution in [3.05, 3.63) is 47.0 Å². The SMILES string of the molecule is Cc1ccc(C(=O)NC2CC=CC(C(F)(F)F)C2)cc1C. The lowest BCUT2D eigenvalue weighted by atomic mass is 9.91. The third kappa shape index (κ3) is 3.86. The van der Waals surface area contributed by atoms with Gasteiger partial charge in [0.2, 0.25) is 0 Å². The van der Waals surface area contributed by atoms with Crippen molar-refractivity contribution >= 4 is 5.91 Å². The fourth-order valence-corrected chi connectivity index (χ4v) is 2.40. The summed E-state index contributed by atoms with van der Waals surface area (Å²) in [6.45, 7) is 3.84. The topological polar surface area (TPSA) is 29.1 Å². The minimum atomic E-state index is -4.25. The number of aryl methyl sites for hydroxylation is 2. The molecule has 0 aromatic heterocycles. The second-order valence-electron chi connectivity index (χ2n) is 5.52. The van der Waals surface area contributed by atoms with E-state index >= 15 is 0 Å². The minimum absolute atomic E-state index is 0.101. The molecule has 21 heavy (non-hydrogen) atoms. The number of rotatable bonds is 2. The van der Waals surface area contributed by atoms with Crippen molar-refractivity contribution in [1.29, 1.82) is 0 Å². The normalized spacial score (nSPS) is 22.1. The second kappa shape index (κ2) is 5.92. The Labute approximate surface area is 122 Å². The minimum Gasteiger partial charge on any atom is -0.349 e. The standard InChI is InChI=1S/C16H18F3NO/c1-10-6-7-12(8-11(10)2)15(21)20-14-5-3-4-13(9-14)16(17,18)19/h3-4,6-8,13-14H,5,9H2,1-2H3,(H,20,21). The number of alkyl halides is 3. The first-order valence-corrected chi connectivity index (χ1v) is 6.89. The van der Waals surface area contributed by atoms with Crippen LogP contribution in [0.4, 0.5) is 13.2 Å². The zero-order chi connectivity index (χ0) is 15.6. The molecule has 5 heteroatoms. The van der Waals surface area contributed by atoms with Gasteiger partial charge in [0.1, 0.15) is 0 Å². The van der Waals surface area contributed by atoms with E-state index in [4.69, 9.17) is 0 Å². The lowest BCUT2D eigenvalue weighted by Gasteiger charge is -2.27. The first-order valence-electron chi connectivity index (χ1n) is 6.89. The Morgan fingerprint density at radius 3 is 2.57 bits per heavy atom. The summed E-state index contributed by atoms with van der Waals surface area (Å²) in [7, 11) is 0. The van der Waals surface area contributed by atoms with E-state index in [1.165, 1.54) is 12.2 Å². The molecule has 0 radical (unpaired) electrons. The Morgan fingerprint density at radius 1 is 1.24 bits per heavy atom. The van der Waals surface area contributed by atoms with Gasteiger partial charge in [-0.2, -0.15) is 13.2 Å². The van der Waals surface area contributed by atoms with Gasteiger partial charge in [-0.1, -0.05) is 18.2 Å². The highest BCUT2D eigenvalue weighted by molar-refractivity contribution is 5.94. The van der Waals surface area contributed by atoms with E-state index in [1.807, 2.05) is 19.9 Å². The molecule has 1 aliphatic rings. The lowest BCUT2D eigenvalue weighted by Crippen LogP contribution is -2.40. The highest BCUT2D eigenvalue weighted by atomic mass is 19.4. The third-order valence-electron chi connectivity index (χ3n) is 3.85. The van der Waals surface area contributed by atoms with Crippen molar-refractivity contribution in [2.45, 2.75) is 38.9 Å². The molecule has 0 saturated carbocycles. The van der Waals surface area contributed by atoms with Gasteiger partial charge in [-0.15, -0.1) is 0 Å². The Hall–Kier alpha value is -1.78. The molecule has 0 bridgehead atoms. The molecule has 0 heterocycles. The summed E-state index contributed by atoms with van der Waals surface area (Å²) in [5.41, 5.74) is 2.54. The summed E-state index contributed by atoms with van der Waals surface area (Å²) in [5.74, 6) is -1.80. The van der Waals surface area contributed by atoms with Gasteiger partial charge in [-0.05, 0) is 49.9 Å². The van der Waals surface area contributed by atoms with E-state index in [2.05, 4.69) is 5.32 Å². The molecule has 0 fully saturated rings. The van der Waals surface area contributed by atoms with Gasteiger partial charge in [0.15, 0.2) is 0 Å². The predicted molar refractivity (Wildman–Crippen MR) is 75.1 cm³/mol. The molecule has 2 unspecified atom stereocenters. The molecule has 1 amide bonds. The molecule has 1 aromatic carbocycles. The summed E-state index contributed by atoms with van der Waals surface area (Å²) < 4.78 is 38.1. The van der Waals surface area contributed by atoms with Crippen LogP contribution in [-0.2, 0) is 0 Å². The van der Waals surface area contributed by atoms with Gasteiger partial charge in [-0.25, -0.2) is 0 Å². The van der Waals surface area contributed by atoms with Gasteiger partial charge < -0.3 is 5.32 Å². The monoisotopic (exact) mass is 297 g/mol. The van der Waals surface area contributed by atoms with Gasteiger partial charge in [-0.3, -0.25) is 4.79 Å². The van der Waals surface area contributed by atoms with Crippen LogP contribution in [0.15, 0.2) is 30.4 Å². The van der Waals surface area contributed by atoms with E-state index in [0.717, 1.165) is 11.1 Å². The highest BCUT2D eigenvalue weighted by Gasteiger charge is 2.40. The average Bonchev–Trinajstić information content (AvgIpc) is 2.41. The average molecular weight is 297 g/mol. The maximum atomic E-state index is 12.7. The molecule has 1 aromatic rings. The Kier molecular flexibility index (Phi) is 4.40. The van der Waals surface area contributed by atoms with Crippen molar-refractivity contribution in [1.82, 2.24) is 5.32 Å². The molecule has 2 rings (SSSR count). The molecule has 0 saturated heterocycles. The number of carbonyl (C=O) groups excluding carboxylic acids is 1. The smallest absolute Gasteiger partial charge is 0.349 e. The molecule has 0 aliphatic heterocycles. The number of hydrogen-bond donors (Lipinski definition) is 1. The molecule has 114 valence electrons. The first kappa shape index (κ1) is 15.6. The van der Waals surface area contributed by atoms with E-state index in [0.29, 0.717) is 12.0 Å². The van der Waals surface area contributed by atoms with Crippen LogP contribution in [0.1, 0.15) is 34.3 Å². The van der Waals surface area contributed by atoms with E-state index in [9.17, 15) is 18.0 Å². The summed E-state index contributed by atoms with van der Waals surface area (Å²) in [4.78, 5) is 12.1. The molecule has 1 N–H and O–H groups in total. The van der Waals surface area contributed by atoms with Crippen LogP contribution in [0, 0.1) is 19.8 Å². The van der Waals surface area contributed by atoms with Gasteiger partial charge >= 0.3 is 6.18 Å². The second-order valence-corrected chi connectivity index (χ2v) is 5.52. The molecular weight excluding hydrogens is 279 g/mol. The fourth-order valence-electron chi connectivity index (χ4n) is 2.40. The lowest BCUT2D eigenvalue weighted by molar-refractivity contribution is -0.164. The first-order chi connectivity index (χ1) is 9.77. The van der Waals surface area contributed by atoms with Crippen molar-refractivity contribution in [3.8, 4) is 0 Å². The van der Waals surface area contributed by atoms with Gasteiger partial charge in [0, 0.05) is 11.6 Å². The highest BCUT2D eigenvalue weighted by Crippen LogP contribution is 2.33. The Bertz CT molecular complexity index is 563. The maximum absolute atomic E-state index is 12.7. The van der Waals surface area contributed by atoms with Gasteiger partial charge in [0.25, 0.3) is 5.91 Å². The number of carbonyl (C=O) groups is 1. The summed E-state index contributed by atoms with van der Waals surface area (Å²) >= 11 is 0. The quantitative estimate of drug-likeness (QED) is 0.823. The summed E-state index contributed by atoms with van der Waals surface area (Å²) in [6, 6.07) is 4.81. The van der Waals surface area contributed by atoms with Crippen molar-refractivity contribution in [3.63, 3.8) is 0 Å². The van der Waals surface area contributed by atoms with Crippen molar-refractivity contribution in [2.75, 3.05) is 0 Å². The fraction of sp³-hybridized carbons (Fsp3) is 0.438. The van der Waals surface area contributed by atoms with E-state index in [1.54, 1.807) is 12.1 Å². The zero-order valence-corrected chi connectivity index (χ0v) is 12.0. The van der Waals surface area contributed by atoms with E-state index < -0.39 is 18.1 Å². The number of hydrogen-bond acceptors (Lipinski definition) is 1. The molecule has 1 aliphatic carbocycles. The number of halogens is 3. The van der Waals surface area contributed by atoms with Crippen molar-refractivity contribution in [2.24, 2.45) is 5.92 Å². The Morgan fingerprint density at radius 2 is 1.95 bits per heavy atom. The van der Waals surface area contributed by atoms with Crippen molar-refractivity contribution < 1.29 is 18.0 Å². The molecule has 2 nitrogen and oxygen atoms in total. The number of benzene rings is 1. The predicted octanol–water partition coefficient (Wildman–Crippen LogP) is 3.93. The van der Waals surface area contributed by atoms with Gasteiger partial charge in [0.05, 0.1) is 5.92 Å². The Balaban J connectivity index is 2.03. The molecule has 2 atom stereocenters. The third-order valence-corrected chi connectivity index (χ3v) is 3.85. The van der Waals surface area contributed by atoms with Crippen LogP contribution in [0.2, 0.25) is 0 Å². The number of allylic oxidation sites excluding steroid dienone is 1. The summed E-state index contributed by atoms with van der Waals surface area (Å²) in [5, 5.41) is 2.69. The van der Waals surface area contributed by atoms with Crippen LogP contribution >= 0.6 is 0 Å². The van der Waals surface area contributed by atoms with Crippen LogP contribution in [0.5, 0.6) is 0 Å². The number of nitrogens with one attached hydrogen (secondary N) is 1. The van der Waals surface area contributed by atoms with Crippen LogP contribution in [-0.4, -0.2) is 18.1 Å². The van der Waals surface area contributed by atoms with Crippen LogP contribution in [0.3, 0.4) is 0 Å². The molecular formula is C16H18F3NO. The van der Waals surface area contributed by atoms with Crippen LogP contribution < -0.4 is 5.32 Å². The maximum Gasteiger partial charge on any atom is 0.395 e. The number of amides is 1. The van der Waals surface area contributed by atoms with E-state index in [-0.39, 0.29) is 12.3 Å². The summed E-state index contributed by atoms with van der Waals surface area (Å²) in [6.07, 6.45) is -1.24. The largest absolute Gasteiger partial charge is 0.395 e.